The summed E-state index contributed by atoms with van der Waals surface area (Å²) in [5.41, 5.74) is 0.494. The third-order valence-electron chi connectivity index (χ3n) is 3.44. The molecule has 0 saturated carbocycles. The monoisotopic (exact) mass is 346 g/mol. The second kappa shape index (κ2) is 7.56. The number of amides is 3. The lowest BCUT2D eigenvalue weighted by Crippen LogP contribution is -2.40. The molecule has 0 saturated heterocycles. The molecule has 0 atom stereocenters. The first-order chi connectivity index (χ1) is 11.9. The van der Waals surface area contributed by atoms with Gasteiger partial charge >= 0.3 is 12.0 Å². The number of carbonyl (C=O) groups excluding carboxylic acids is 3. The third kappa shape index (κ3) is 4.00. The fourth-order valence-corrected chi connectivity index (χ4v) is 2.18. The van der Waals surface area contributed by atoms with Crippen LogP contribution in [0.25, 0.3) is 11.0 Å². The predicted molar refractivity (Wildman–Crippen MR) is 89.3 cm³/mol. The van der Waals surface area contributed by atoms with Crippen molar-refractivity contribution in [2.24, 2.45) is 0 Å². The van der Waals surface area contributed by atoms with E-state index in [9.17, 15) is 19.2 Å². The quantitative estimate of drug-likeness (QED) is 0.770. The zero-order valence-corrected chi connectivity index (χ0v) is 14.1. The maximum atomic E-state index is 12.5. The summed E-state index contributed by atoms with van der Waals surface area (Å²) in [4.78, 5) is 51.5. The highest BCUT2D eigenvalue weighted by molar-refractivity contribution is 5.97. The van der Waals surface area contributed by atoms with Gasteiger partial charge in [0.15, 0.2) is 6.61 Å². The average Bonchev–Trinajstić information content (AvgIpc) is 2.59. The number of aryl methyl sites for hydroxylation is 2. The second-order valence-electron chi connectivity index (χ2n) is 5.19. The van der Waals surface area contributed by atoms with E-state index in [1.54, 1.807) is 23.6 Å². The molecule has 2 aromatic heterocycles. The SMILES string of the molecule is CCn1cc(C(=O)OCC(=O)NC(=O)NC)c(=O)c2ccc(C)nc21. The van der Waals surface area contributed by atoms with Gasteiger partial charge in [0.25, 0.3) is 5.91 Å². The Morgan fingerprint density at radius 3 is 2.64 bits per heavy atom. The van der Waals surface area contributed by atoms with Crippen LogP contribution in [-0.4, -0.2) is 41.1 Å². The van der Waals surface area contributed by atoms with Crippen LogP contribution >= 0.6 is 0 Å². The lowest BCUT2D eigenvalue weighted by molar-refractivity contribution is -0.123. The predicted octanol–water partition coefficient (Wildman–Crippen LogP) is 0.337. The maximum absolute atomic E-state index is 12.5. The molecule has 0 unspecified atom stereocenters. The number of ether oxygens (including phenoxy) is 1. The van der Waals surface area contributed by atoms with Crippen molar-refractivity contribution in [1.29, 1.82) is 0 Å². The lowest BCUT2D eigenvalue weighted by Gasteiger charge is -2.11. The van der Waals surface area contributed by atoms with Crippen LogP contribution in [-0.2, 0) is 16.1 Å². The van der Waals surface area contributed by atoms with Gasteiger partial charge in [0, 0.05) is 25.5 Å². The number of hydrogen-bond donors (Lipinski definition) is 2. The number of nitrogens with zero attached hydrogens (tertiary/aromatic N) is 2. The molecule has 2 rings (SSSR count). The minimum absolute atomic E-state index is 0.201. The number of pyridine rings is 2. The van der Waals surface area contributed by atoms with Gasteiger partial charge in [-0.3, -0.25) is 14.9 Å². The topological polar surface area (TPSA) is 119 Å². The molecule has 0 aliphatic heterocycles. The van der Waals surface area contributed by atoms with Gasteiger partial charge in [-0.15, -0.1) is 0 Å². The van der Waals surface area contributed by atoms with E-state index in [1.807, 2.05) is 12.2 Å². The highest BCUT2D eigenvalue weighted by Crippen LogP contribution is 2.11. The first-order valence-corrected chi connectivity index (χ1v) is 7.56. The molecule has 3 amide bonds. The van der Waals surface area contributed by atoms with Gasteiger partial charge in [-0.05, 0) is 26.0 Å². The molecule has 9 nitrogen and oxygen atoms in total. The summed E-state index contributed by atoms with van der Waals surface area (Å²) in [7, 11) is 1.34. The fraction of sp³-hybridized carbons (Fsp3) is 0.312. The standard InChI is InChI=1S/C16H18N4O5/c1-4-20-7-11(13(22)10-6-5-9(2)18-14(10)20)15(23)25-8-12(21)19-16(24)17-3/h5-7H,4,8H2,1-3H3,(H2,17,19,21,24). The van der Waals surface area contributed by atoms with Gasteiger partial charge < -0.3 is 14.6 Å². The average molecular weight is 346 g/mol. The van der Waals surface area contributed by atoms with Crippen LogP contribution in [0.3, 0.4) is 0 Å². The Bertz CT molecular complexity index is 903. The van der Waals surface area contributed by atoms with Crippen LogP contribution in [0.5, 0.6) is 0 Å². The Morgan fingerprint density at radius 2 is 2.00 bits per heavy atom. The van der Waals surface area contributed by atoms with Crippen LogP contribution in [0.15, 0.2) is 23.1 Å². The van der Waals surface area contributed by atoms with E-state index in [2.05, 4.69) is 10.3 Å². The van der Waals surface area contributed by atoms with E-state index in [1.165, 1.54) is 13.2 Å². The molecular formula is C16H18N4O5. The smallest absolute Gasteiger partial charge is 0.344 e. The van der Waals surface area contributed by atoms with Gasteiger partial charge in [0.05, 0.1) is 5.39 Å². The van der Waals surface area contributed by atoms with E-state index in [0.29, 0.717) is 12.2 Å². The summed E-state index contributed by atoms with van der Waals surface area (Å²) < 4.78 is 6.48. The number of fused-ring (bicyclic) bond motifs is 1. The van der Waals surface area contributed by atoms with E-state index in [4.69, 9.17) is 4.74 Å². The minimum Gasteiger partial charge on any atom is -0.452 e. The number of esters is 1. The molecule has 0 aliphatic rings. The van der Waals surface area contributed by atoms with Crippen molar-refractivity contribution < 1.29 is 19.1 Å². The molecule has 0 radical (unpaired) electrons. The highest BCUT2D eigenvalue weighted by atomic mass is 16.5. The summed E-state index contributed by atoms with van der Waals surface area (Å²) in [6, 6.07) is 2.55. The molecule has 0 fully saturated rings. The summed E-state index contributed by atoms with van der Waals surface area (Å²) in [6.45, 7) is 3.46. The molecular weight excluding hydrogens is 328 g/mol. The van der Waals surface area contributed by atoms with Gasteiger partial charge in [0.2, 0.25) is 5.43 Å². The van der Waals surface area contributed by atoms with Crippen LogP contribution in [0.2, 0.25) is 0 Å². The molecule has 0 aromatic carbocycles. The first kappa shape index (κ1) is 18.1. The van der Waals surface area contributed by atoms with Crippen molar-refractivity contribution in [3.63, 3.8) is 0 Å². The molecule has 9 heteroatoms. The van der Waals surface area contributed by atoms with Crippen LogP contribution in [0, 0.1) is 6.92 Å². The summed E-state index contributed by atoms with van der Waals surface area (Å²) in [6.07, 6.45) is 1.36. The number of nitrogens with one attached hydrogen (secondary N) is 2. The van der Waals surface area contributed by atoms with Gasteiger partial charge in [-0.1, -0.05) is 0 Å². The number of hydrogen-bond acceptors (Lipinski definition) is 6. The number of aromatic nitrogens is 2. The number of imide groups is 1. The summed E-state index contributed by atoms with van der Waals surface area (Å²) in [5, 5.41) is 4.43. The van der Waals surface area contributed by atoms with E-state index in [-0.39, 0.29) is 10.9 Å². The lowest BCUT2D eigenvalue weighted by atomic mass is 10.2. The van der Waals surface area contributed by atoms with Gasteiger partial charge in [0.1, 0.15) is 11.2 Å². The molecule has 2 aromatic rings. The van der Waals surface area contributed by atoms with E-state index in [0.717, 1.165) is 5.69 Å². The van der Waals surface area contributed by atoms with E-state index < -0.39 is 29.9 Å². The van der Waals surface area contributed by atoms with Crippen LogP contribution in [0.4, 0.5) is 4.79 Å². The molecule has 0 aliphatic carbocycles. The van der Waals surface area contributed by atoms with Crippen molar-refractivity contribution >= 4 is 28.9 Å². The Hall–Kier alpha value is -3.23. The summed E-state index contributed by atoms with van der Waals surface area (Å²) >= 11 is 0. The number of urea groups is 1. The second-order valence-corrected chi connectivity index (χ2v) is 5.19. The van der Waals surface area contributed by atoms with Crippen molar-refractivity contribution in [2.75, 3.05) is 13.7 Å². The molecule has 2 N–H and O–H groups in total. The molecule has 0 bridgehead atoms. The highest BCUT2D eigenvalue weighted by Gasteiger charge is 2.18. The molecule has 25 heavy (non-hydrogen) atoms. The van der Waals surface area contributed by atoms with Crippen LogP contribution in [0.1, 0.15) is 23.0 Å². The Balaban J connectivity index is 2.28. The fourth-order valence-electron chi connectivity index (χ4n) is 2.18. The number of rotatable bonds is 4. The zero-order chi connectivity index (χ0) is 18.6. The van der Waals surface area contributed by atoms with Crippen LogP contribution < -0.4 is 16.1 Å². The van der Waals surface area contributed by atoms with Crippen molar-refractivity contribution in [1.82, 2.24) is 20.2 Å². The van der Waals surface area contributed by atoms with Crippen molar-refractivity contribution in [3.8, 4) is 0 Å². The molecule has 132 valence electrons. The van der Waals surface area contributed by atoms with Crippen molar-refractivity contribution in [3.05, 3.63) is 39.8 Å². The van der Waals surface area contributed by atoms with E-state index >= 15 is 0 Å². The summed E-state index contributed by atoms with van der Waals surface area (Å²) in [5.74, 6) is -1.75. The Labute approximate surface area is 143 Å². The zero-order valence-electron chi connectivity index (χ0n) is 14.1. The largest absolute Gasteiger partial charge is 0.452 e. The van der Waals surface area contributed by atoms with Gasteiger partial charge in [-0.25, -0.2) is 14.6 Å². The third-order valence-corrected chi connectivity index (χ3v) is 3.44. The minimum atomic E-state index is -0.943. The number of carbonyl (C=O) groups is 3. The molecule has 0 spiro atoms. The Morgan fingerprint density at radius 1 is 1.28 bits per heavy atom. The first-order valence-electron chi connectivity index (χ1n) is 7.56. The van der Waals surface area contributed by atoms with Crippen molar-refractivity contribution in [2.45, 2.75) is 20.4 Å². The Kier molecular flexibility index (Phi) is 5.48. The van der Waals surface area contributed by atoms with Gasteiger partial charge in [-0.2, -0.15) is 0 Å². The maximum Gasteiger partial charge on any atom is 0.344 e. The molecule has 2 heterocycles. The normalized spacial score (nSPS) is 10.4.